The molecule has 0 radical (unpaired) electrons. The van der Waals surface area contributed by atoms with Crippen LogP contribution in [0.4, 0.5) is 4.79 Å². The lowest BCUT2D eigenvalue weighted by atomic mass is 9.88. The summed E-state index contributed by atoms with van der Waals surface area (Å²) in [5.41, 5.74) is -1.25. The minimum absolute atomic E-state index is 0.114. The predicted molar refractivity (Wildman–Crippen MR) is 77.6 cm³/mol. The summed E-state index contributed by atoms with van der Waals surface area (Å²) in [6.45, 7) is 3.54. The zero-order valence-corrected chi connectivity index (χ0v) is 12.7. The third-order valence-corrected chi connectivity index (χ3v) is 5.15. The quantitative estimate of drug-likeness (QED) is 0.725. The number of aliphatic carboxylic acids is 1. The predicted octanol–water partition coefficient (Wildman–Crippen LogP) is 2.21. The topological polar surface area (TPSA) is 78.4 Å². The van der Waals surface area contributed by atoms with E-state index in [4.69, 9.17) is 5.11 Å². The number of nitrogens with one attached hydrogen (secondary N) is 2. The Balaban J connectivity index is 2.47. The van der Waals surface area contributed by atoms with E-state index < -0.39 is 17.5 Å². The molecule has 0 unspecified atom stereocenters. The van der Waals surface area contributed by atoms with Crippen LogP contribution in [0.5, 0.6) is 0 Å². The van der Waals surface area contributed by atoms with Crippen molar-refractivity contribution in [1.82, 2.24) is 10.6 Å². The number of rotatable bonds is 5. The van der Waals surface area contributed by atoms with Crippen LogP contribution in [-0.2, 0) is 4.79 Å². The lowest BCUT2D eigenvalue weighted by molar-refractivity contribution is -0.142. The van der Waals surface area contributed by atoms with Gasteiger partial charge >= 0.3 is 12.0 Å². The zero-order chi connectivity index (χ0) is 14.5. The standard InChI is InChI=1S/C13H24N2O3S/c1-12(2,10(16)17)15-11(18)14-9-13(19-3)7-5-4-6-8-13/h4-9H2,1-3H3,(H,16,17)(H2,14,15,18). The normalized spacial score (nSPS) is 18.7. The Morgan fingerprint density at radius 1 is 1.26 bits per heavy atom. The maximum Gasteiger partial charge on any atom is 0.328 e. The van der Waals surface area contributed by atoms with Crippen molar-refractivity contribution in [1.29, 1.82) is 0 Å². The van der Waals surface area contributed by atoms with Crippen molar-refractivity contribution in [2.45, 2.75) is 56.2 Å². The van der Waals surface area contributed by atoms with Gasteiger partial charge in [0.25, 0.3) is 0 Å². The first-order valence-electron chi connectivity index (χ1n) is 6.66. The second-order valence-corrected chi connectivity index (χ2v) is 6.96. The maximum absolute atomic E-state index is 11.8. The van der Waals surface area contributed by atoms with Crippen LogP contribution >= 0.6 is 11.8 Å². The fraction of sp³-hybridized carbons (Fsp3) is 0.846. The van der Waals surface area contributed by atoms with Crippen molar-refractivity contribution in [2.75, 3.05) is 12.8 Å². The van der Waals surface area contributed by atoms with Crippen molar-refractivity contribution >= 4 is 23.8 Å². The van der Waals surface area contributed by atoms with Gasteiger partial charge < -0.3 is 15.7 Å². The number of amides is 2. The molecule has 6 heteroatoms. The van der Waals surface area contributed by atoms with Crippen LogP contribution in [0.15, 0.2) is 0 Å². The minimum Gasteiger partial charge on any atom is -0.480 e. The number of carbonyl (C=O) groups is 2. The smallest absolute Gasteiger partial charge is 0.328 e. The molecule has 1 aliphatic carbocycles. The average Bonchev–Trinajstić information content (AvgIpc) is 2.37. The number of carboxylic acid groups (broad SMARTS) is 1. The summed E-state index contributed by atoms with van der Waals surface area (Å²) in [7, 11) is 0. The Labute approximate surface area is 118 Å². The van der Waals surface area contributed by atoms with Crippen molar-refractivity contribution < 1.29 is 14.7 Å². The lowest BCUT2D eigenvalue weighted by Gasteiger charge is -2.36. The van der Waals surface area contributed by atoms with Crippen LogP contribution in [0.1, 0.15) is 46.0 Å². The molecule has 0 aliphatic heterocycles. The van der Waals surface area contributed by atoms with E-state index >= 15 is 0 Å². The molecule has 0 aromatic heterocycles. The van der Waals surface area contributed by atoms with E-state index in [-0.39, 0.29) is 4.75 Å². The van der Waals surface area contributed by atoms with E-state index in [9.17, 15) is 9.59 Å². The molecule has 19 heavy (non-hydrogen) atoms. The van der Waals surface area contributed by atoms with Gasteiger partial charge in [0.15, 0.2) is 0 Å². The third kappa shape index (κ3) is 4.60. The molecular weight excluding hydrogens is 264 g/mol. The van der Waals surface area contributed by atoms with Crippen LogP contribution in [0, 0.1) is 0 Å². The molecule has 0 aromatic carbocycles. The highest BCUT2D eigenvalue weighted by molar-refractivity contribution is 8.00. The Kier molecular flexibility index (Phi) is 5.52. The first-order valence-corrected chi connectivity index (χ1v) is 7.88. The first kappa shape index (κ1) is 16.1. The molecule has 3 N–H and O–H groups in total. The molecule has 110 valence electrons. The SMILES string of the molecule is CSC1(CNC(=O)NC(C)(C)C(=O)O)CCCCC1. The molecule has 1 rings (SSSR count). The molecule has 2 amide bonds. The molecule has 1 fully saturated rings. The van der Waals surface area contributed by atoms with Crippen molar-refractivity contribution in [2.24, 2.45) is 0 Å². The van der Waals surface area contributed by atoms with Gasteiger partial charge in [-0.15, -0.1) is 0 Å². The molecule has 0 bridgehead atoms. The second kappa shape index (κ2) is 6.50. The van der Waals surface area contributed by atoms with Gasteiger partial charge in [-0.3, -0.25) is 0 Å². The van der Waals surface area contributed by atoms with Crippen LogP contribution in [0.25, 0.3) is 0 Å². The van der Waals surface area contributed by atoms with E-state index in [1.165, 1.54) is 33.1 Å². The monoisotopic (exact) mass is 288 g/mol. The van der Waals surface area contributed by atoms with Gasteiger partial charge in [0, 0.05) is 11.3 Å². The Morgan fingerprint density at radius 3 is 2.32 bits per heavy atom. The molecule has 0 atom stereocenters. The summed E-state index contributed by atoms with van der Waals surface area (Å²) in [4.78, 5) is 22.7. The van der Waals surface area contributed by atoms with Gasteiger partial charge in [-0.05, 0) is 32.9 Å². The van der Waals surface area contributed by atoms with E-state index in [1.54, 1.807) is 11.8 Å². The van der Waals surface area contributed by atoms with E-state index in [0.29, 0.717) is 6.54 Å². The van der Waals surface area contributed by atoms with Gasteiger partial charge in [-0.2, -0.15) is 11.8 Å². The van der Waals surface area contributed by atoms with Gasteiger partial charge in [-0.25, -0.2) is 9.59 Å². The fourth-order valence-electron chi connectivity index (χ4n) is 2.27. The average molecular weight is 288 g/mol. The Morgan fingerprint density at radius 2 is 1.84 bits per heavy atom. The van der Waals surface area contributed by atoms with Gasteiger partial charge in [0.1, 0.15) is 5.54 Å². The van der Waals surface area contributed by atoms with Crippen LogP contribution in [0.2, 0.25) is 0 Å². The van der Waals surface area contributed by atoms with E-state index in [1.807, 2.05) is 0 Å². The molecule has 0 aromatic rings. The molecule has 1 saturated carbocycles. The number of thioether (sulfide) groups is 1. The minimum atomic E-state index is -1.25. The highest BCUT2D eigenvalue weighted by atomic mass is 32.2. The molecule has 1 aliphatic rings. The second-order valence-electron chi connectivity index (χ2n) is 5.69. The summed E-state index contributed by atoms with van der Waals surface area (Å²) in [6.07, 6.45) is 7.95. The van der Waals surface area contributed by atoms with Gasteiger partial charge in [0.2, 0.25) is 0 Å². The summed E-state index contributed by atoms with van der Waals surface area (Å²) < 4.78 is 0.114. The molecule has 0 spiro atoms. The number of carbonyl (C=O) groups excluding carboxylic acids is 1. The number of carboxylic acids is 1. The molecular formula is C13H24N2O3S. The fourth-order valence-corrected chi connectivity index (χ4v) is 3.19. The van der Waals surface area contributed by atoms with Gasteiger partial charge in [0.05, 0.1) is 0 Å². The lowest BCUT2D eigenvalue weighted by Crippen LogP contribution is -2.55. The summed E-state index contributed by atoms with van der Waals surface area (Å²) in [5.74, 6) is -1.04. The third-order valence-electron chi connectivity index (χ3n) is 3.73. The Hall–Kier alpha value is -0.910. The van der Waals surface area contributed by atoms with Gasteiger partial charge in [-0.1, -0.05) is 19.3 Å². The van der Waals surface area contributed by atoms with Crippen LogP contribution in [-0.4, -0.2) is 40.2 Å². The zero-order valence-electron chi connectivity index (χ0n) is 11.9. The highest BCUT2D eigenvalue weighted by Gasteiger charge is 2.33. The van der Waals surface area contributed by atoms with Crippen LogP contribution in [0.3, 0.4) is 0 Å². The summed E-state index contributed by atoms with van der Waals surface area (Å²) in [6, 6.07) is -0.411. The van der Waals surface area contributed by atoms with Crippen LogP contribution < -0.4 is 10.6 Å². The molecule has 5 nitrogen and oxygen atoms in total. The molecule has 0 heterocycles. The summed E-state index contributed by atoms with van der Waals surface area (Å²) >= 11 is 1.80. The van der Waals surface area contributed by atoms with Crippen molar-refractivity contribution in [3.05, 3.63) is 0 Å². The van der Waals surface area contributed by atoms with Crippen molar-refractivity contribution in [3.63, 3.8) is 0 Å². The first-order chi connectivity index (χ1) is 8.81. The highest BCUT2D eigenvalue weighted by Crippen LogP contribution is 2.37. The number of urea groups is 1. The summed E-state index contributed by atoms with van der Waals surface area (Å²) in [5, 5.41) is 14.3. The molecule has 0 saturated heterocycles. The largest absolute Gasteiger partial charge is 0.480 e. The van der Waals surface area contributed by atoms with Crippen molar-refractivity contribution in [3.8, 4) is 0 Å². The maximum atomic E-state index is 11.8. The van der Waals surface area contributed by atoms with E-state index in [0.717, 1.165) is 12.8 Å². The number of hydrogen-bond donors (Lipinski definition) is 3. The Bertz CT molecular complexity index is 339. The van der Waals surface area contributed by atoms with E-state index in [2.05, 4.69) is 16.9 Å². The number of hydrogen-bond acceptors (Lipinski definition) is 3.